The van der Waals surface area contributed by atoms with E-state index in [9.17, 15) is 15.0 Å². The molecule has 0 bridgehead atoms. The number of hydrogen-bond acceptors (Lipinski definition) is 3. The summed E-state index contributed by atoms with van der Waals surface area (Å²) in [6.07, 6.45) is 9.22. The van der Waals surface area contributed by atoms with Gasteiger partial charge in [-0.3, -0.25) is 0 Å². The number of carboxylic acid groups (broad SMARTS) is 1. The van der Waals surface area contributed by atoms with E-state index >= 15 is 0 Å². The minimum atomic E-state index is -0.899. The zero-order valence-electron chi connectivity index (χ0n) is 15.2. The standard InChI is InChI=1S/C20H32O4/c1-14(11-18(23)24)5-7-16-15(12-21)6-8-17-19(2,13-22)9-4-10-20(16,17)3/h6,11,16-17,21-22H,4-5,7-10,12-13H2,1-3H3,(H,23,24)/b14-11+/t16-,17-,19+,20+/m0/s1. The van der Waals surface area contributed by atoms with Gasteiger partial charge < -0.3 is 15.3 Å². The van der Waals surface area contributed by atoms with E-state index in [1.165, 1.54) is 6.08 Å². The highest BCUT2D eigenvalue weighted by Gasteiger charge is 2.53. The quantitative estimate of drug-likeness (QED) is 0.512. The van der Waals surface area contributed by atoms with Crippen LogP contribution in [0, 0.1) is 22.7 Å². The predicted molar refractivity (Wildman–Crippen MR) is 94.5 cm³/mol. The van der Waals surface area contributed by atoms with Crippen molar-refractivity contribution in [3.8, 4) is 0 Å². The second kappa shape index (κ2) is 7.40. The SMILES string of the molecule is C/C(=C\C(=O)O)CC[C@H]1C(CO)=CC[C@H]2[C@@](C)(CO)CCC[C@]12C. The Morgan fingerprint density at radius 2 is 2.04 bits per heavy atom. The molecule has 1 fully saturated rings. The molecule has 24 heavy (non-hydrogen) atoms. The molecule has 4 nitrogen and oxygen atoms in total. The zero-order chi connectivity index (χ0) is 18.0. The van der Waals surface area contributed by atoms with E-state index in [2.05, 4.69) is 19.9 Å². The lowest BCUT2D eigenvalue weighted by atomic mass is 9.48. The van der Waals surface area contributed by atoms with Gasteiger partial charge in [0.05, 0.1) is 6.61 Å². The van der Waals surface area contributed by atoms with Gasteiger partial charge in [-0.05, 0) is 67.3 Å². The molecule has 0 aliphatic heterocycles. The Morgan fingerprint density at radius 1 is 1.33 bits per heavy atom. The van der Waals surface area contributed by atoms with Crippen LogP contribution in [0.25, 0.3) is 0 Å². The minimum Gasteiger partial charge on any atom is -0.478 e. The van der Waals surface area contributed by atoms with E-state index in [1.807, 2.05) is 6.92 Å². The summed E-state index contributed by atoms with van der Waals surface area (Å²) in [5.41, 5.74) is 1.96. The van der Waals surface area contributed by atoms with Crippen LogP contribution in [0.15, 0.2) is 23.3 Å². The number of rotatable bonds is 6. The fraction of sp³-hybridized carbons (Fsp3) is 0.750. The van der Waals surface area contributed by atoms with Crippen LogP contribution in [-0.4, -0.2) is 34.5 Å². The van der Waals surface area contributed by atoms with E-state index < -0.39 is 5.97 Å². The average Bonchev–Trinajstić information content (AvgIpc) is 2.51. The Kier molecular flexibility index (Phi) is 5.92. The van der Waals surface area contributed by atoms with E-state index in [-0.39, 0.29) is 30.0 Å². The number of aliphatic hydroxyl groups excluding tert-OH is 2. The van der Waals surface area contributed by atoms with Crippen LogP contribution in [0.1, 0.15) is 59.3 Å². The van der Waals surface area contributed by atoms with Crippen molar-refractivity contribution in [2.75, 3.05) is 13.2 Å². The highest BCUT2D eigenvalue weighted by atomic mass is 16.4. The first-order valence-corrected chi connectivity index (χ1v) is 9.07. The third-order valence-electron chi connectivity index (χ3n) is 6.70. The molecule has 0 unspecified atom stereocenters. The molecular weight excluding hydrogens is 304 g/mol. The molecule has 0 saturated heterocycles. The second-order valence-electron chi connectivity index (χ2n) is 8.32. The topological polar surface area (TPSA) is 77.8 Å². The van der Waals surface area contributed by atoms with Gasteiger partial charge in [-0.2, -0.15) is 0 Å². The Hall–Kier alpha value is -1.13. The molecule has 0 spiro atoms. The summed E-state index contributed by atoms with van der Waals surface area (Å²) in [6, 6.07) is 0. The lowest BCUT2D eigenvalue weighted by Crippen LogP contribution is -2.51. The fourth-order valence-electron chi connectivity index (χ4n) is 5.36. The lowest BCUT2D eigenvalue weighted by molar-refractivity contribution is -0.131. The molecule has 0 amide bonds. The fourth-order valence-corrected chi connectivity index (χ4v) is 5.36. The Bertz CT molecular complexity index is 536. The van der Waals surface area contributed by atoms with Gasteiger partial charge in [-0.25, -0.2) is 4.79 Å². The van der Waals surface area contributed by atoms with Gasteiger partial charge >= 0.3 is 5.97 Å². The van der Waals surface area contributed by atoms with Crippen molar-refractivity contribution in [3.63, 3.8) is 0 Å². The molecule has 2 rings (SSSR count). The summed E-state index contributed by atoms with van der Waals surface area (Å²) < 4.78 is 0. The average molecular weight is 336 g/mol. The van der Waals surface area contributed by atoms with Crippen molar-refractivity contribution < 1.29 is 20.1 Å². The largest absolute Gasteiger partial charge is 0.478 e. The Labute approximate surface area is 145 Å². The Balaban J connectivity index is 2.27. The van der Waals surface area contributed by atoms with Crippen LogP contribution >= 0.6 is 0 Å². The third-order valence-corrected chi connectivity index (χ3v) is 6.70. The van der Waals surface area contributed by atoms with Gasteiger partial charge in [0.25, 0.3) is 0 Å². The van der Waals surface area contributed by atoms with Crippen molar-refractivity contribution >= 4 is 5.97 Å². The van der Waals surface area contributed by atoms with E-state index in [1.54, 1.807) is 0 Å². The van der Waals surface area contributed by atoms with Gasteiger partial charge in [0, 0.05) is 12.7 Å². The van der Waals surface area contributed by atoms with Crippen molar-refractivity contribution in [1.29, 1.82) is 0 Å². The monoisotopic (exact) mass is 336 g/mol. The number of aliphatic hydroxyl groups is 2. The van der Waals surface area contributed by atoms with Crippen LogP contribution in [0.4, 0.5) is 0 Å². The number of carboxylic acids is 1. The smallest absolute Gasteiger partial charge is 0.328 e. The maximum Gasteiger partial charge on any atom is 0.328 e. The van der Waals surface area contributed by atoms with Gasteiger partial charge in [0.1, 0.15) is 0 Å². The lowest BCUT2D eigenvalue weighted by Gasteiger charge is -2.57. The number of carbonyl (C=O) groups is 1. The van der Waals surface area contributed by atoms with Crippen molar-refractivity contribution in [2.24, 2.45) is 22.7 Å². The van der Waals surface area contributed by atoms with Crippen molar-refractivity contribution in [3.05, 3.63) is 23.3 Å². The van der Waals surface area contributed by atoms with Crippen LogP contribution in [-0.2, 0) is 4.79 Å². The van der Waals surface area contributed by atoms with Gasteiger partial charge in [0.15, 0.2) is 0 Å². The van der Waals surface area contributed by atoms with E-state index in [0.29, 0.717) is 5.92 Å². The van der Waals surface area contributed by atoms with Gasteiger partial charge in [0.2, 0.25) is 0 Å². The van der Waals surface area contributed by atoms with Gasteiger partial charge in [-0.1, -0.05) is 31.9 Å². The molecule has 2 aliphatic rings. The molecule has 4 atom stereocenters. The van der Waals surface area contributed by atoms with E-state index in [4.69, 9.17) is 5.11 Å². The van der Waals surface area contributed by atoms with Crippen LogP contribution < -0.4 is 0 Å². The number of aliphatic carboxylic acids is 1. The van der Waals surface area contributed by atoms with Crippen LogP contribution in [0.2, 0.25) is 0 Å². The molecule has 2 aliphatic carbocycles. The van der Waals surface area contributed by atoms with Gasteiger partial charge in [-0.15, -0.1) is 0 Å². The Morgan fingerprint density at radius 3 is 2.62 bits per heavy atom. The highest BCUT2D eigenvalue weighted by molar-refractivity contribution is 5.80. The molecule has 136 valence electrons. The first kappa shape index (κ1) is 19.2. The normalized spacial score (nSPS) is 36.9. The molecule has 4 heteroatoms. The summed E-state index contributed by atoms with van der Waals surface area (Å²) in [5, 5.41) is 28.7. The number of allylic oxidation sites excluding steroid dienone is 2. The first-order chi connectivity index (χ1) is 11.3. The van der Waals surface area contributed by atoms with Crippen LogP contribution in [0.5, 0.6) is 0 Å². The van der Waals surface area contributed by atoms with Crippen molar-refractivity contribution in [2.45, 2.75) is 59.3 Å². The molecule has 0 aromatic heterocycles. The summed E-state index contributed by atoms with van der Waals surface area (Å²) in [7, 11) is 0. The summed E-state index contributed by atoms with van der Waals surface area (Å²) >= 11 is 0. The zero-order valence-corrected chi connectivity index (χ0v) is 15.2. The molecule has 0 radical (unpaired) electrons. The van der Waals surface area contributed by atoms with Crippen molar-refractivity contribution in [1.82, 2.24) is 0 Å². The molecule has 0 aromatic carbocycles. The number of hydrogen-bond donors (Lipinski definition) is 3. The maximum absolute atomic E-state index is 10.8. The number of fused-ring (bicyclic) bond motifs is 1. The minimum absolute atomic E-state index is 0.0608. The molecule has 0 heterocycles. The highest BCUT2D eigenvalue weighted by Crippen LogP contribution is 2.60. The molecule has 0 aromatic rings. The third kappa shape index (κ3) is 3.60. The maximum atomic E-state index is 10.8. The summed E-state index contributed by atoms with van der Waals surface area (Å²) in [4.78, 5) is 10.8. The molecule has 3 N–H and O–H groups in total. The first-order valence-electron chi connectivity index (χ1n) is 9.07. The van der Waals surface area contributed by atoms with E-state index in [0.717, 1.165) is 49.7 Å². The molecular formula is C20H32O4. The summed E-state index contributed by atoms with van der Waals surface area (Å²) in [5.74, 6) is -0.235. The van der Waals surface area contributed by atoms with Crippen LogP contribution in [0.3, 0.4) is 0 Å². The second-order valence-corrected chi connectivity index (χ2v) is 8.32. The molecule has 1 saturated carbocycles. The summed E-state index contributed by atoms with van der Waals surface area (Å²) in [6.45, 7) is 6.65. The predicted octanol–water partition coefficient (Wildman–Crippen LogP) is 3.54.